The van der Waals surface area contributed by atoms with Crippen LogP contribution in [0.25, 0.3) is 0 Å². The minimum atomic E-state index is -1.59. The molecule has 3 aliphatic carbocycles. The lowest BCUT2D eigenvalue weighted by molar-refractivity contribution is -0.224. The normalized spacial score (nSPS) is 36.1. The summed E-state index contributed by atoms with van der Waals surface area (Å²) in [6, 6.07) is 0. The third kappa shape index (κ3) is 5.78. The monoisotopic (exact) mass is 578 g/mol. The van der Waals surface area contributed by atoms with Crippen molar-refractivity contribution in [1.82, 2.24) is 0 Å². The molecule has 0 saturated heterocycles. The molecule has 0 unspecified atom stereocenters. The Morgan fingerprint density at radius 3 is 1.73 bits per heavy atom. The first-order valence-electron chi connectivity index (χ1n) is 13.7. The van der Waals surface area contributed by atoms with Crippen LogP contribution in [-0.4, -0.2) is 71.1 Å². The number of carbonyl (C=O) groups is 5. The van der Waals surface area contributed by atoms with E-state index in [1.807, 2.05) is 0 Å². The van der Waals surface area contributed by atoms with Crippen molar-refractivity contribution in [1.29, 1.82) is 0 Å². The van der Waals surface area contributed by atoms with Gasteiger partial charge in [-0.3, -0.25) is 24.0 Å². The van der Waals surface area contributed by atoms with Gasteiger partial charge in [-0.2, -0.15) is 0 Å². The van der Waals surface area contributed by atoms with E-state index in [0.29, 0.717) is 16.7 Å². The summed E-state index contributed by atoms with van der Waals surface area (Å²) in [6.45, 7) is 17.5. The van der Waals surface area contributed by atoms with Gasteiger partial charge in [0.05, 0.1) is 11.0 Å². The van der Waals surface area contributed by atoms with Gasteiger partial charge < -0.3 is 28.8 Å². The summed E-state index contributed by atoms with van der Waals surface area (Å²) in [4.78, 5) is 61.8. The van der Waals surface area contributed by atoms with Crippen molar-refractivity contribution in [3.8, 4) is 0 Å². The van der Waals surface area contributed by atoms with Gasteiger partial charge in [0.15, 0.2) is 12.2 Å². The van der Waals surface area contributed by atoms with E-state index in [1.165, 1.54) is 34.6 Å². The van der Waals surface area contributed by atoms with E-state index in [-0.39, 0.29) is 19.3 Å². The highest BCUT2D eigenvalue weighted by atomic mass is 16.6. The summed E-state index contributed by atoms with van der Waals surface area (Å²) in [7, 11) is 0. The predicted molar refractivity (Wildman–Crippen MR) is 144 cm³/mol. The second kappa shape index (κ2) is 11.2. The molecule has 8 atom stereocenters. The number of esters is 5. The molecule has 0 radical (unpaired) electrons. The van der Waals surface area contributed by atoms with Crippen LogP contribution in [0.1, 0.15) is 81.6 Å². The number of fused-ring (bicyclic) bond motifs is 3. The Hall–Kier alpha value is -3.21. The molecule has 0 heterocycles. The Morgan fingerprint density at radius 2 is 1.24 bits per heavy atom. The van der Waals surface area contributed by atoms with Crippen molar-refractivity contribution in [3.05, 3.63) is 23.3 Å². The van der Waals surface area contributed by atoms with Crippen LogP contribution in [0.4, 0.5) is 0 Å². The largest absolute Gasteiger partial charge is 0.462 e. The summed E-state index contributed by atoms with van der Waals surface area (Å²) in [5.74, 6) is -3.91. The van der Waals surface area contributed by atoms with Gasteiger partial charge in [-0.15, -0.1) is 0 Å². The number of ether oxygens (including phenoxy) is 5. The molecule has 2 saturated carbocycles. The Morgan fingerprint density at radius 1 is 0.756 bits per heavy atom. The zero-order chi connectivity index (χ0) is 31.2. The molecular weight excluding hydrogens is 536 g/mol. The van der Waals surface area contributed by atoms with Crippen LogP contribution in [0.15, 0.2) is 23.3 Å². The molecule has 0 amide bonds. The first-order chi connectivity index (χ1) is 18.8. The molecule has 2 bridgehead atoms. The summed E-state index contributed by atoms with van der Waals surface area (Å²) >= 11 is 0. The first-order valence-corrected chi connectivity index (χ1v) is 13.7. The second-order valence-corrected chi connectivity index (χ2v) is 12.2. The van der Waals surface area contributed by atoms with E-state index in [0.717, 1.165) is 0 Å². The maximum atomic E-state index is 12.7. The van der Waals surface area contributed by atoms with Crippen LogP contribution in [0.5, 0.6) is 0 Å². The Bertz CT molecular complexity index is 1180. The average Bonchev–Trinajstić information content (AvgIpc) is 2.79. The molecular formula is C30H42O11. The predicted octanol–water partition coefficient (Wildman–Crippen LogP) is 3.11. The minimum absolute atomic E-state index is 0.00543. The van der Waals surface area contributed by atoms with Gasteiger partial charge in [-0.25, -0.2) is 0 Å². The van der Waals surface area contributed by atoms with E-state index in [4.69, 9.17) is 23.7 Å². The fourth-order valence-electron chi connectivity index (χ4n) is 7.24. The summed E-state index contributed by atoms with van der Waals surface area (Å²) in [5, 5.41) is 12.5. The van der Waals surface area contributed by atoms with Crippen molar-refractivity contribution in [2.24, 2.45) is 16.7 Å². The molecule has 3 rings (SSSR count). The molecule has 2 fully saturated rings. The van der Waals surface area contributed by atoms with Crippen LogP contribution in [-0.2, 0) is 47.7 Å². The van der Waals surface area contributed by atoms with Gasteiger partial charge in [0.25, 0.3) is 0 Å². The summed E-state index contributed by atoms with van der Waals surface area (Å²) in [5.41, 5.74) is -2.58. The molecule has 0 aromatic carbocycles. The fourth-order valence-corrected chi connectivity index (χ4v) is 7.24. The Balaban J connectivity index is 2.44. The lowest BCUT2D eigenvalue weighted by atomic mass is 9.48. The molecule has 1 N–H and O–H groups in total. The van der Waals surface area contributed by atoms with Crippen LogP contribution in [0.2, 0.25) is 0 Å². The standard InChI is InChI=1S/C30H42O11/c1-14-21-12-30(36)13-23(38-17(4)32)15(2)25(28(30,8)9)26(40-19(6)34)27(41-20(7)35)29(21,10)24(39-18(5)33)11-22(14)37-16(3)31/h21-24,26-27,36H,1,11-13H2,2-10H3/t21-,22+,23+,24+,26-,27+,29+,30+/m1/s1. The lowest BCUT2D eigenvalue weighted by Crippen LogP contribution is -2.68. The van der Waals surface area contributed by atoms with Gasteiger partial charge >= 0.3 is 29.8 Å². The number of hydrogen-bond donors (Lipinski definition) is 1. The quantitative estimate of drug-likeness (QED) is 0.291. The van der Waals surface area contributed by atoms with Gasteiger partial charge in [0, 0.05) is 52.9 Å². The van der Waals surface area contributed by atoms with E-state index >= 15 is 0 Å². The maximum absolute atomic E-state index is 12.7. The number of rotatable bonds is 5. The van der Waals surface area contributed by atoms with Crippen LogP contribution in [0.3, 0.4) is 0 Å². The van der Waals surface area contributed by atoms with Gasteiger partial charge in [0.1, 0.15) is 18.3 Å². The Labute approximate surface area is 240 Å². The summed E-state index contributed by atoms with van der Waals surface area (Å²) in [6.07, 6.45) is -5.25. The van der Waals surface area contributed by atoms with Crippen LogP contribution >= 0.6 is 0 Å². The highest BCUT2D eigenvalue weighted by molar-refractivity contribution is 5.69. The van der Waals surface area contributed by atoms with Crippen molar-refractivity contribution in [3.63, 3.8) is 0 Å². The first kappa shape index (κ1) is 32.3. The molecule has 11 heteroatoms. The second-order valence-electron chi connectivity index (χ2n) is 12.2. The Kier molecular flexibility index (Phi) is 8.85. The number of aliphatic hydroxyl groups is 1. The molecule has 0 aromatic rings. The van der Waals surface area contributed by atoms with Crippen molar-refractivity contribution in [2.45, 2.75) is 118 Å². The van der Waals surface area contributed by atoms with Gasteiger partial charge in [0.2, 0.25) is 0 Å². The third-order valence-corrected chi connectivity index (χ3v) is 9.23. The highest BCUT2D eigenvalue weighted by Crippen LogP contribution is 2.62. The van der Waals surface area contributed by atoms with Gasteiger partial charge in [-0.1, -0.05) is 27.4 Å². The topological polar surface area (TPSA) is 152 Å². The number of hydrogen-bond acceptors (Lipinski definition) is 11. The molecule has 0 aromatic heterocycles. The minimum Gasteiger partial charge on any atom is -0.462 e. The molecule has 3 aliphatic rings. The maximum Gasteiger partial charge on any atom is 0.303 e. The average molecular weight is 579 g/mol. The molecule has 41 heavy (non-hydrogen) atoms. The molecule has 11 nitrogen and oxygen atoms in total. The molecule has 0 spiro atoms. The highest BCUT2D eigenvalue weighted by Gasteiger charge is 2.67. The molecule has 0 aliphatic heterocycles. The fraction of sp³-hybridized carbons (Fsp3) is 0.700. The van der Waals surface area contributed by atoms with Crippen molar-refractivity contribution in [2.75, 3.05) is 0 Å². The van der Waals surface area contributed by atoms with E-state index in [9.17, 15) is 29.1 Å². The van der Waals surface area contributed by atoms with Gasteiger partial charge in [-0.05, 0) is 36.0 Å². The van der Waals surface area contributed by atoms with E-state index < -0.39 is 82.7 Å². The lowest BCUT2D eigenvalue weighted by Gasteiger charge is -2.61. The van der Waals surface area contributed by atoms with E-state index in [1.54, 1.807) is 27.7 Å². The van der Waals surface area contributed by atoms with Crippen LogP contribution in [0, 0.1) is 16.7 Å². The smallest absolute Gasteiger partial charge is 0.303 e. The molecule has 228 valence electrons. The zero-order valence-electron chi connectivity index (χ0n) is 25.3. The van der Waals surface area contributed by atoms with Crippen molar-refractivity contribution >= 4 is 29.8 Å². The SMILES string of the molecule is C=C1[C@@H](OC(C)=O)C[C@H](OC(C)=O)[C@]2(C)[C@@H]1C[C@]1(O)C[C@H](OC(C)=O)C(C)=C([C@@H](OC(C)=O)[C@@H]2OC(C)=O)C1(C)C. The van der Waals surface area contributed by atoms with Crippen molar-refractivity contribution < 1.29 is 52.8 Å². The van der Waals surface area contributed by atoms with Crippen LogP contribution < -0.4 is 0 Å². The third-order valence-electron chi connectivity index (χ3n) is 9.23. The zero-order valence-corrected chi connectivity index (χ0v) is 25.3. The summed E-state index contributed by atoms with van der Waals surface area (Å²) < 4.78 is 29.0. The van der Waals surface area contributed by atoms with E-state index in [2.05, 4.69) is 6.58 Å². The number of carbonyl (C=O) groups excluding carboxylic acids is 5.